The van der Waals surface area contributed by atoms with Gasteiger partial charge >= 0.3 is 6.09 Å². The molecule has 1 aliphatic heterocycles. The number of phenolic OH excluding ortho intramolecular Hbond substituents is 2. The fourth-order valence-electron chi connectivity index (χ4n) is 4.84. The number of allylic oxidation sites excluding steroid dienone is 3. The van der Waals surface area contributed by atoms with Gasteiger partial charge < -0.3 is 30.5 Å². The molecule has 3 amide bonds. The fraction of sp³-hybridized carbons (Fsp3) is 0.367. The number of hydrogen-bond donors (Lipinski definition) is 4. The first-order chi connectivity index (χ1) is 18.9. The van der Waals surface area contributed by atoms with Crippen LogP contribution in [0.5, 0.6) is 11.5 Å². The van der Waals surface area contributed by atoms with Gasteiger partial charge in [-0.25, -0.2) is 4.79 Å². The average molecular weight is 534 g/mol. The molecule has 206 valence electrons. The first kappa shape index (κ1) is 27.8. The summed E-state index contributed by atoms with van der Waals surface area (Å²) in [7, 11) is 0. The summed E-state index contributed by atoms with van der Waals surface area (Å²) in [6.45, 7) is 0.825. The molecule has 0 spiro atoms. The normalized spacial score (nSPS) is 17.3. The number of phenols is 2. The number of aromatic hydroxyl groups is 2. The van der Waals surface area contributed by atoms with Gasteiger partial charge in [0.05, 0.1) is 0 Å². The molecule has 1 heterocycles. The molecule has 2 aromatic carbocycles. The SMILES string of the molecule is O=C(N[C@H](CC1=CCCC=C1)C(=O)N1CCC[C@H]1C(=O)NCCc1ccc(O)c(O)c1)OCc1ccccc1. The Morgan fingerprint density at radius 2 is 1.85 bits per heavy atom. The first-order valence-electron chi connectivity index (χ1n) is 13.3. The molecule has 2 aliphatic rings. The maximum absolute atomic E-state index is 13.7. The Bertz CT molecular complexity index is 1230. The van der Waals surface area contributed by atoms with Crippen molar-refractivity contribution in [2.75, 3.05) is 13.1 Å². The number of nitrogens with zero attached hydrogens (tertiary/aromatic N) is 1. The standard InChI is InChI=1S/C30H35N3O6/c34-26-14-13-22(19-27(26)35)15-16-31-28(36)25-12-7-17-33(25)29(37)24(18-21-8-3-1-4-9-21)32-30(38)39-20-23-10-5-2-6-11-23/h2-3,5-6,8-11,13-14,19,24-25,34-35H,1,4,7,12,15-18,20H2,(H,31,36)(H,32,38)/t24-,25+/m1/s1. The van der Waals surface area contributed by atoms with Crippen molar-refractivity contribution in [1.29, 1.82) is 0 Å². The third-order valence-electron chi connectivity index (χ3n) is 6.91. The molecule has 0 aromatic heterocycles. The molecule has 9 heteroatoms. The Hall–Kier alpha value is -4.27. The van der Waals surface area contributed by atoms with Gasteiger partial charge in [-0.05, 0) is 60.9 Å². The second-order valence-electron chi connectivity index (χ2n) is 9.78. The molecule has 0 radical (unpaired) electrons. The fourth-order valence-corrected chi connectivity index (χ4v) is 4.84. The molecule has 0 saturated carbocycles. The summed E-state index contributed by atoms with van der Waals surface area (Å²) >= 11 is 0. The van der Waals surface area contributed by atoms with Crippen LogP contribution in [0, 0.1) is 0 Å². The number of amides is 3. The molecule has 4 rings (SSSR count). The van der Waals surface area contributed by atoms with Crippen LogP contribution in [-0.2, 0) is 27.4 Å². The van der Waals surface area contributed by atoms with Crippen LogP contribution < -0.4 is 10.6 Å². The van der Waals surface area contributed by atoms with Crippen LogP contribution in [0.15, 0.2) is 72.3 Å². The van der Waals surface area contributed by atoms with Crippen molar-refractivity contribution in [3.63, 3.8) is 0 Å². The van der Waals surface area contributed by atoms with Gasteiger partial charge in [0.1, 0.15) is 18.7 Å². The average Bonchev–Trinajstić information content (AvgIpc) is 3.44. The number of likely N-dealkylation sites (tertiary alicyclic amines) is 1. The number of ether oxygens (including phenoxy) is 1. The van der Waals surface area contributed by atoms with Crippen molar-refractivity contribution >= 4 is 17.9 Å². The maximum Gasteiger partial charge on any atom is 0.408 e. The van der Waals surface area contributed by atoms with Gasteiger partial charge in [-0.15, -0.1) is 0 Å². The monoisotopic (exact) mass is 533 g/mol. The van der Waals surface area contributed by atoms with Gasteiger partial charge in [-0.2, -0.15) is 0 Å². The zero-order chi connectivity index (χ0) is 27.6. The smallest absolute Gasteiger partial charge is 0.408 e. The van der Waals surface area contributed by atoms with E-state index < -0.39 is 18.2 Å². The summed E-state index contributed by atoms with van der Waals surface area (Å²) in [5.41, 5.74) is 2.56. The molecule has 4 N–H and O–H groups in total. The van der Waals surface area contributed by atoms with Gasteiger partial charge in [-0.3, -0.25) is 9.59 Å². The number of alkyl carbamates (subject to hydrolysis) is 1. The van der Waals surface area contributed by atoms with Crippen molar-refractivity contribution in [1.82, 2.24) is 15.5 Å². The maximum atomic E-state index is 13.7. The number of benzene rings is 2. The van der Waals surface area contributed by atoms with Gasteiger partial charge in [0.25, 0.3) is 0 Å². The summed E-state index contributed by atoms with van der Waals surface area (Å²) in [6.07, 6.45) is 9.19. The van der Waals surface area contributed by atoms with Crippen molar-refractivity contribution < 1.29 is 29.3 Å². The summed E-state index contributed by atoms with van der Waals surface area (Å²) in [6, 6.07) is 12.3. The molecule has 2 atom stereocenters. The third kappa shape index (κ3) is 7.86. The first-order valence-corrected chi connectivity index (χ1v) is 13.3. The van der Waals surface area contributed by atoms with Crippen molar-refractivity contribution in [3.05, 3.63) is 83.5 Å². The van der Waals surface area contributed by atoms with Crippen LogP contribution in [-0.4, -0.2) is 58.2 Å². The number of hydrogen-bond acceptors (Lipinski definition) is 6. The predicted octanol–water partition coefficient (Wildman–Crippen LogP) is 3.71. The zero-order valence-electron chi connectivity index (χ0n) is 21.8. The highest BCUT2D eigenvalue weighted by Gasteiger charge is 2.38. The van der Waals surface area contributed by atoms with Crippen LogP contribution in [0.25, 0.3) is 0 Å². The van der Waals surface area contributed by atoms with Gasteiger partial charge in [0.2, 0.25) is 11.8 Å². The van der Waals surface area contributed by atoms with Crippen LogP contribution in [0.4, 0.5) is 4.79 Å². The Morgan fingerprint density at radius 3 is 2.59 bits per heavy atom. The third-order valence-corrected chi connectivity index (χ3v) is 6.91. The lowest BCUT2D eigenvalue weighted by Gasteiger charge is -2.29. The van der Waals surface area contributed by atoms with E-state index in [0.29, 0.717) is 38.8 Å². The van der Waals surface area contributed by atoms with E-state index in [0.717, 1.165) is 29.5 Å². The van der Waals surface area contributed by atoms with E-state index in [4.69, 9.17) is 4.74 Å². The Kier molecular flexibility index (Phi) is 9.61. The molecular formula is C30H35N3O6. The van der Waals surface area contributed by atoms with Gasteiger partial charge in [0.15, 0.2) is 11.5 Å². The van der Waals surface area contributed by atoms with E-state index in [9.17, 15) is 24.6 Å². The van der Waals surface area contributed by atoms with Gasteiger partial charge in [0, 0.05) is 19.5 Å². The minimum absolute atomic E-state index is 0.0870. The summed E-state index contributed by atoms with van der Waals surface area (Å²) in [5, 5.41) is 24.8. The topological polar surface area (TPSA) is 128 Å². The molecule has 1 fully saturated rings. The lowest BCUT2D eigenvalue weighted by molar-refractivity contribution is -0.139. The second kappa shape index (κ2) is 13.5. The number of rotatable bonds is 10. The van der Waals surface area contributed by atoms with Crippen molar-refractivity contribution in [3.8, 4) is 11.5 Å². The van der Waals surface area contributed by atoms with E-state index in [1.165, 1.54) is 12.1 Å². The summed E-state index contributed by atoms with van der Waals surface area (Å²) < 4.78 is 5.37. The molecular weight excluding hydrogens is 498 g/mol. The lowest BCUT2D eigenvalue weighted by atomic mass is 9.99. The molecule has 0 unspecified atom stereocenters. The van der Waals surface area contributed by atoms with Crippen molar-refractivity contribution in [2.45, 2.75) is 57.2 Å². The highest BCUT2D eigenvalue weighted by molar-refractivity contribution is 5.92. The number of carbonyl (C=O) groups excluding carboxylic acids is 3. The summed E-state index contributed by atoms with van der Waals surface area (Å²) in [4.78, 5) is 40.9. The molecule has 1 saturated heterocycles. The highest BCUT2D eigenvalue weighted by Crippen LogP contribution is 2.25. The van der Waals surface area contributed by atoms with E-state index in [2.05, 4.69) is 16.7 Å². The van der Waals surface area contributed by atoms with Crippen molar-refractivity contribution in [2.24, 2.45) is 0 Å². The second-order valence-corrected chi connectivity index (χ2v) is 9.78. The Morgan fingerprint density at radius 1 is 1.03 bits per heavy atom. The molecule has 1 aliphatic carbocycles. The van der Waals surface area contributed by atoms with Crippen LogP contribution in [0.2, 0.25) is 0 Å². The predicted molar refractivity (Wildman–Crippen MR) is 146 cm³/mol. The largest absolute Gasteiger partial charge is 0.504 e. The minimum atomic E-state index is -0.865. The molecule has 2 aromatic rings. The number of carbonyl (C=O) groups is 3. The van der Waals surface area contributed by atoms with E-state index >= 15 is 0 Å². The Balaban J connectivity index is 1.37. The summed E-state index contributed by atoms with van der Waals surface area (Å²) in [5.74, 6) is -0.983. The zero-order valence-corrected chi connectivity index (χ0v) is 21.8. The van der Waals surface area contributed by atoms with E-state index in [-0.39, 0.29) is 29.9 Å². The Labute approximate surface area is 228 Å². The van der Waals surface area contributed by atoms with Gasteiger partial charge in [-0.1, -0.05) is 54.6 Å². The van der Waals surface area contributed by atoms with E-state index in [1.807, 2.05) is 42.5 Å². The highest BCUT2D eigenvalue weighted by atomic mass is 16.5. The molecule has 0 bridgehead atoms. The van der Waals surface area contributed by atoms with Crippen LogP contribution in [0.3, 0.4) is 0 Å². The molecule has 39 heavy (non-hydrogen) atoms. The quantitative estimate of drug-likeness (QED) is 0.345. The molecule has 9 nitrogen and oxygen atoms in total. The minimum Gasteiger partial charge on any atom is -0.504 e. The number of nitrogens with one attached hydrogen (secondary N) is 2. The van der Waals surface area contributed by atoms with Crippen LogP contribution in [0.1, 0.15) is 43.2 Å². The van der Waals surface area contributed by atoms with Crippen LogP contribution >= 0.6 is 0 Å². The van der Waals surface area contributed by atoms with E-state index in [1.54, 1.807) is 11.0 Å². The lowest BCUT2D eigenvalue weighted by Crippen LogP contribution is -2.53.